The highest BCUT2D eigenvalue weighted by Gasteiger charge is 2.25. The van der Waals surface area contributed by atoms with Gasteiger partial charge in [0.1, 0.15) is 5.82 Å². The third-order valence-electron chi connectivity index (χ3n) is 3.78. The molecular formula is C15H8ClN3O3. The van der Waals surface area contributed by atoms with Gasteiger partial charge in [-0.1, -0.05) is 17.7 Å². The van der Waals surface area contributed by atoms with E-state index in [0.717, 1.165) is 0 Å². The normalized spacial score (nSPS) is 12.2. The summed E-state index contributed by atoms with van der Waals surface area (Å²) in [6, 6.07) is 9.56. The Kier molecular flexibility index (Phi) is 2.58. The van der Waals surface area contributed by atoms with Gasteiger partial charge in [-0.15, -0.1) is 0 Å². The number of nitrogens with zero attached hydrogens (tertiary/aromatic N) is 3. The number of nitro groups is 1. The van der Waals surface area contributed by atoms with Gasteiger partial charge in [0.05, 0.1) is 26.5 Å². The number of non-ortho nitro benzene ring substituents is 1. The number of fused-ring (bicyclic) bond motifs is 4. The van der Waals surface area contributed by atoms with Crippen LogP contribution in [-0.4, -0.2) is 14.5 Å². The molecule has 22 heavy (non-hydrogen) atoms. The maximum atomic E-state index is 12.7. The number of rotatable bonds is 1. The number of benzene rings is 2. The molecule has 108 valence electrons. The Morgan fingerprint density at radius 2 is 2.09 bits per heavy atom. The van der Waals surface area contributed by atoms with E-state index in [1.807, 2.05) is 0 Å². The Hall–Kier alpha value is -2.73. The summed E-state index contributed by atoms with van der Waals surface area (Å²) in [7, 11) is 0. The Labute approximate surface area is 128 Å². The second-order valence-corrected chi connectivity index (χ2v) is 5.46. The fraction of sp³-hybridized carbons (Fsp3) is 0.0667. The predicted octanol–water partition coefficient (Wildman–Crippen LogP) is 2.85. The molecule has 0 radical (unpaired) electrons. The average molecular weight is 314 g/mol. The minimum atomic E-state index is -0.452. The molecule has 0 unspecified atom stereocenters. The van der Waals surface area contributed by atoms with Gasteiger partial charge in [0.15, 0.2) is 0 Å². The largest absolute Gasteiger partial charge is 0.269 e. The summed E-state index contributed by atoms with van der Waals surface area (Å²) in [5, 5.41) is 11.6. The quantitative estimate of drug-likeness (QED) is 0.400. The van der Waals surface area contributed by atoms with E-state index in [-0.39, 0.29) is 11.2 Å². The summed E-state index contributed by atoms with van der Waals surface area (Å²) in [5.74, 6) is 0.565. The standard InChI is InChI=1S/C15H8ClN3O3/c16-10-2-1-3-11-14(10)15(20)18-12-5-4-9(19(21)22)6-8(12)7-13(18)17-11/h1-6H,7H2. The van der Waals surface area contributed by atoms with Gasteiger partial charge < -0.3 is 0 Å². The van der Waals surface area contributed by atoms with E-state index in [4.69, 9.17) is 11.6 Å². The number of hydrogen-bond donors (Lipinski definition) is 0. The molecule has 0 bridgehead atoms. The van der Waals surface area contributed by atoms with Crippen molar-refractivity contribution in [1.82, 2.24) is 9.55 Å². The predicted molar refractivity (Wildman–Crippen MR) is 81.8 cm³/mol. The van der Waals surface area contributed by atoms with Crippen LogP contribution < -0.4 is 5.56 Å². The third-order valence-corrected chi connectivity index (χ3v) is 4.09. The maximum Gasteiger partial charge on any atom is 0.269 e. The topological polar surface area (TPSA) is 78.0 Å². The van der Waals surface area contributed by atoms with Gasteiger partial charge >= 0.3 is 0 Å². The number of aromatic nitrogens is 2. The molecule has 0 saturated carbocycles. The molecule has 4 rings (SSSR count). The summed E-state index contributed by atoms with van der Waals surface area (Å²) >= 11 is 6.12. The molecule has 0 saturated heterocycles. The van der Waals surface area contributed by atoms with Crippen LogP contribution in [-0.2, 0) is 6.42 Å². The molecule has 0 fully saturated rings. The molecular weight excluding hydrogens is 306 g/mol. The first-order valence-corrected chi connectivity index (χ1v) is 6.92. The number of halogens is 1. The van der Waals surface area contributed by atoms with Crippen LogP contribution >= 0.6 is 11.6 Å². The van der Waals surface area contributed by atoms with Gasteiger partial charge in [-0.3, -0.25) is 19.5 Å². The molecule has 0 atom stereocenters. The highest BCUT2D eigenvalue weighted by molar-refractivity contribution is 6.35. The van der Waals surface area contributed by atoms with Gasteiger partial charge in [-0.25, -0.2) is 4.98 Å². The first kappa shape index (κ1) is 13.0. The summed E-state index contributed by atoms with van der Waals surface area (Å²) in [6.07, 6.45) is 0.384. The van der Waals surface area contributed by atoms with Crippen LogP contribution in [0.25, 0.3) is 16.6 Å². The van der Waals surface area contributed by atoms with Crippen molar-refractivity contribution in [2.45, 2.75) is 6.42 Å². The minimum Gasteiger partial charge on any atom is -0.268 e. The van der Waals surface area contributed by atoms with Gasteiger partial charge in [-0.2, -0.15) is 0 Å². The molecule has 0 N–H and O–H groups in total. The van der Waals surface area contributed by atoms with Crippen LogP contribution in [0, 0.1) is 10.1 Å². The average Bonchev–Trinajstić information content (AvgIpc) is 2.84. The van der Waals surface area contributed by atoms with Gasteiger partial charge in [0.25, 0.3) is 11.2 Å². The van der Waals surface area contributed by atoms with E-state index < -0.39 is 4.92 Å². The highest BCUT2D eigenvalue weighted by Crippen LogP contribution is 2.30. The fourth-order valence-corrected chi connectivity index (χ4v) is 3.07. The molecule has 7 heteroatoms. The highest BCUT2D eigenvalue weighted by atomic mass is 35.5. The maximum absolute atomic E-state index is 12.7. The fourth-order valence-electron chi connectivity index (χ4n) is 2.82. The van der Waals surface area contributed by atoms with E-state index in [1.165, 1.54) is 16.7 Å². The van der Waals surface area contributed by atoms with Crippen molar-refractivity contribution >= 4 is 28.2 Å². The zero-order chi connectivity index (χ0) is 15.4. The molecule has 0 amide bonds. The molecule has 0 aliphatic carbocycles. The van der Waals surface area contributed by atoms with Crippen LogP contribution in [0.3, 0.4) is 0 Å². The Morgan fingerprint density at radius 1 is 1.27 bits per heavy atom. The van der Waals surface area contributed by atoms with Crippen molar-refractivity contribution in [1.29, 1.82) is 0 Å². The first-order valence-electron chi connectivity index (χ1n) is 6.54. The van der Waals surface area contributed by atoms with Crippen molar-refractivity contribution in [2.75, 3.05) is 0 Å². The Balaban J connectivity index is 2.05. The second-order valence-electron chi connectivity index (χ2n) is 5.05. The van der Waals surface area contributed by atoms with E-state index in [1.54, 1.807) is 24.3 Å². The van der Waals surface area contributed by atoms with Crippen molar-refractivity contribution < 1.29 is 4.92 Å². The molecule has 1 aromatic heterocycles. The zero-order valence-electron chi connectivity index (χ0n) is 11.1. The lowest BCUT2D eigenvalue weighted by Crippen LogP contribution is -2.20. The van der Waals surface area contributed by atoms with Crippen molar-refractivity contribution in [3.05, 3.63) is 73.3 Å². The molecule has 6 nitrogen and oxygen atoms in total. The summed E-state index contributed by atoms with van der Waals surface area (Å²) in [6.45, 7) is 0. The lowest BCUT2D eigenvalue weighted by Gasteiger charge is -2.07. The minimum absolute atomic E-state index is 0.00203. The lowest BCUT2D eigenvalue weighted by molar-refractivity contribution is -0.384. The molecule has 2 aromatic carbocycles. The smallest absolute Gasteiger partial charge is 0.268 e. The summed E-state index contributed by atoms with van der Waals surface area (Å²) < 4.78 is 1.48. The first-order chi connectivity index (χ1) is 10.6. The zero-order valence-corrected chi connectivity index (χ0v) is 11.9. The van der Waals surface area contributed by atoms with E-state index in [2.05, 4.69) is 4.98 Å². The van der Waals surface area contributed by atoms with Crippen LogP contribution in [0.1, 0.15) is 11.4 Å². The SMILES string of the molecule is O=c1c2c(Cl)cccc2nc2n1-c1ccc([N+](=O)[O-])cc1C2. The Bertz CT molecular complexity index is 1030. The monoisotopic (exact) mass is 313 g/mol. The second kappa shape index (κ2) is 4.38. The van der Waals surface area contributed by atoms with E-state index in [0.29, 0.717) is 39.4 Å². The van der Waals surface area contributed by atoms with Crippen molar-refractivity contribution in [3.63, 3.8) is 0 Å². The van der Waals surface area contributed by atoms with E-state index in [9.17, 15) is 14.9 Å². The third kappa shape index (κ3) is 1.67. The van der Waals surface area contributed by atoms with Crippen LogP contribution in [0.2, 0.25) is 5.02 Å². The summed E-state index contributed by atoms with van der Waals surface area (Å²) in [4.78, 5) is 27.6. The number of nitro benzene ring substituents is 1. The molecule has 0 spiro atoms. The molecule has 1 aliphatic heterocycles. The van der Waals surface area contributed by atoms with E-state index >= 15 is 0 Å². The molecule has 3 aromatic rings. The molecule has 1 aliphatic rings. The van der Waals surface area contributed by atoms with Crippen LogP contribution in [0.15, 0.2) is 41.2 Å². The summed E-state index contributed by atoms with van der Waals surface area (Å²) in [5.41, 5.74) is 1.62. The van der Waals surface area contributed by atoms with Gasteiger partial charge in [0.2, 0.25) is 0 Å². The molecule has 2 heterocycles. The Morgan fingerprint density at radius 3 is 2.86 bits per heavy atom. The number of hydrogen-bond acceptors (Lipinski definition) is 4. The van der Waals surface area contributed by atoms with Crippen molar-refractivity contribution in [3.8, 4) is 5.69 Å². The lowest BCUT2D eigenvalue weighted by atomic mass is 10.1. The van der Waals surface area contributed by atoms with Crippen LogP contribution in [0.4, 0.5) is 5.69 Å². The van der Waals surface area contributed by atoms with Crippen molar-refractivity contribution in [2.24, 2.45) is 0 Å². The van der Waals surface area contributed by atoms with Gasteiger partial charge in [-0.05, 0) is 23.8 Å². The van der Waals surface area contributed by atoms with Gasteiger partial charge in [0, 0.05) is 18.6 Å². The van der Waals surface area contributed by atoms with Crippen LogP contribution in [0.5, 0.6) is 0 Å².